The SMILES string of the molecule is CN(CC1CCN(Cc2ccc(Cl)cc2)CC1)C(=O)c1cnn(C)c1. The quantitative estimate of drug-likeness (QED) is 0.822. The maximum absolute atomic E-state index is 12.4. The third-order valence-electron chi connectivity index (χ3n) is 4.86. The number of halogens is 1. The number of carbonyl (C=O) groups excluding carboxylic acids is 1. The molecular formula is C19H25ClN4O. The van der Waals surface area contributed by atoms with Crippen LogP contribution in [0.4, 0.5) is 0 Å². The van der Waals surface area contributed by atoms with Gasteiger partial charge in [0, 0.05) is 38.4 Å². The molecule has 0 radical (unpaired) electrons. The van der Waals surface area contributed by atoms with E-state index in [0.29, 0.717) is 11.5 Å². The molecule has 6 heteroatoms. The normalized spacial score (nSPS) is 16.1. The molecule has 0 N–H and O–H groups in total. The second-order valence-electron chi connectivity index (χ2n) is 6.93. The molecule has 1 aliphatic rings. The predicted molar refractivity (Wildman–Crippen MR) is 99.6 cm³/mol. The molecule has 0 spiro atoms. The monoisotopic (exact) mass is 360 g/mol. The van der Waals surface area contributed by atoms with Crippen LogP contribution in [0.15, 0.2) is 36.7 Å². The van der Waals surface area contributed by atoms with Crippen LogP contribution in [0.25, 0.3) is 0 Å². The molecule has 1 amide bonds. The van der Waals surface area contributed by atoms with Crippen LogP contribution in [0, 0.1) is 5.92 Å². The molecule has 0 saturated carbocycles. The number of hydrogen-bond acceptors (Lipinski definition) is 3. The molecule has 1 aromatic heterocycles. The summed E-state index contributed by atoms with van der Waals surface area (Å²) in [7, 11) is 3.71. The van der Waals surface area contributed by atoms with Crippen molar-refractivity contribution in [3.63, 3.8) is 0 Å². The summed E-state index contributed by atoms with van der Waals surface area (Å²) >= 11 is 5.94. The number of nitrogens with zero attached hydrogens (tertiary/aromatic N) is 4. The van der Waals surface area contributed by atoms with Gasteiger partial charge in [0.2, 0.25) is 0 Å². The summed E-state index contributed by atoms with van der Waals surface area (Å²) in [5.41, 5.74) is 1.96. The zero-order valence-corrected chi connectivity index (χ0v) is 15.6. The third kappa shape index (κ3) is 4.83. The van der Waals surface area contributed by atoms with Crippen LogP contribution in [-0.4, -0.2) is 52.2 Å². The average Bonchev–Trinajstić information content (AvgIpc) is 3.04. The Balaban J connectivity index is 1.45. The van der Waals surface area contributed by atoms with Gasteiger partial charge < -0.3 is 4.90 Å². The summed E-state index contributed by atoms with van der Waals surface area (Å²) in [6, 6.07) is 8.08. The first kappa shape index (κ1) is 18.0. The topological polar surface area (TPSA) is 41.4 Å². The van der Waals surface area contributed by atoms with E-state index in [-0.39, 0.29) is 5.91 Å². The standard InChI is InChI=1S/C19H25ClN4O/c1-22(19(25)17-11-21-23(2)14-17)12-16-7-9-24(10-8-16)13-15-3-5-18(20)6-4-15/h3-6,11,14,16H,7-10,12-13H2,1-2H3. The van der Waals surface area contributed by atoms with Crippen LogP contribution in [0.1, 0.15) is 28.8 Å². The van der Waals surface area contributed by atoms with Crippen LogP contribution in [-0.2, 0) is 13.6 Å². The minimum absolute atomic E-state index is 0.0525. The maximum atomic E-state index is 12.4. The van der Waals surface area contributed by atoms with Crippen molar-refractivity contribution in [3.05, 3.63) is 52.8 Å². The molecule has 0 bridgehead atoms. The first-order chi connectivity index (χ1) is 12.0. The largest absolute Gasteiger partial charge is 0.341 e. The first-order valence-electron chi connectivity index (χ1n) is 8.72. The van der Waals surface area contributed by atoms with Crippen LogP contribution < -0.4 is 0 Å². The minimum Gasteiger partial charge on any atom is -0.341 e. The van der Waals surface area contributed by atoms with Crippen LogP contribution in [0.3, 0.4) is 0 Å². The van der Waals surface area contributed by atoms with E-state index in [4.69, 9.17) is 11.6 Å². The second-order valence-corrected chi connectivity index (χ2v) is 7.37. The Bertz CT molecular complexity index is 704. The van der Waals surface area contributed by atoms with Gasteiger partial charge in [0.15, 0.2) is 0 Å². The van der Waals surface area contributed by atoms with Crippen LogP contribution >= 0.6 is 11.6 Å². The van der Waals surface area contributed by atoms with Gasteiger partial charge in [-0.1, -0.05) is 23.7 Å². The molecule has 134 valence electrons. The maximum Gasteiger partial charge on any atom is 0.256 e. The summed E-state index contributed by atoms with van der Waals surface area (Å²) in [6.45, 7) is 3.92. The second kappa shape index (κ2) is 8.02. The van der Waals surface area contributed by atoms with E-state index in [1.54, 1.807) is 17.1 Å². The molecule has 0 atom stereocenters. The Kier molecular flexibility index (Phi) is 5.76. The number of benzene rings is 1. The molecule has 1 aliphatic heterocycles. The predicted octanol–water partition coefficient (Wildman–Crippen LogP) is 3.06. The van der Waals surface area contributed by atoms with Gasteiger partial charge in [-0.15, -0.1) is 0 Å². The van der Waals surface area contributed by atoms with Crippen molar-refractivity contribution in [2.45, 2.75) is 19.4 Å². The van der Waals surface area contributed by atoms with Crippen molar-refractivity contribution in [2.24, 2.45) is 13.0 Å². The molecule has 25 heavy (non-hydrogen) atoms. The van der Waals surface area contributed by atoms with Crippen LogP contribution in [0.5, 0.6) is 0 Å². The summed E-state index contributed by atoms with van der Waals surface area (Å²) < 4.78 is 1.66. The zero-order chi connectivity index (χ0) is 17.8. The Morgan fingerprint density at radius 2 is 1.96 bits per heavy atom. The molecule has 0 aliphatic carbocycles. The Hall–Kier alpha value is -1.85. The summed E-state index contributed by atoms with van der Waals surface area (Å²) in [5, 5.41) is 4.86. The average molecular weight is 361 g/mol. The first-order valence-corrected chi connectivity index (χ1v) is 9.10. The minimum atomic E-state index is 0.0525. The van der Waals surface area contributed by atoms with Crippen molar-refractivity contribution >= 4 is 17.5 Å². The summed E-state index contributed by atoms with van der Waals surface area (Å²) in [6.07, 6.45) is 5.65. The van der Waals surface area contributed by atoms with Gasteiger partial charge in [-0.3, -0.25) is 14.4 Å². The molecule has 3 rings (SSSR count). The lowest BCUT2D eigenvalue weighted by atomic mass is 9.95. The number of rotatable bonds is 5. The molecule has 2 heterocycles. The molecular weight excluding hydrogens is 336 g/mol. The van der Waals surface area contributed by atoms with Gasteiger partial charge in [-0.2, -0.15) is 5.10 Å². The van der Waals surface area contributed by atoms with Gasteiger partial charge in [0.05, 0.1) is 11.8 Å². The molecule has 1 aromatic carbocycles. The molecule has 1 saturated heterocycles. The fraction of sp³-hybridized carbons (Fsp3) is 0.474. The lowest BCUT2D eigenvalue weighted by Gasteiger charge is -2.33. The smallest absolute Gasteiger partial charge is 0.256 e. The Labute approximate surface area is 154 Å². The van der Waals surface area contributed by atoms with Crippen molar-refractivity contribution in [1.82, 2.24) is 19.6 Å². The fourth-order valence-electron chi connectivity index (χ4n) is 3.40. The number of piperidine rings is 1. The van der Waals surface area contributed by atoms with Gasteiger partial charge in [0.25, 0.3) is 5.91 Å². The van der Waals surface area contributed by atoms with E-state index in [1.807, 2.05) is 31.1 Å². The number of likely N-dealkylation sites (tertiary alicyclic amines) is 1. The van der Waals surface area contributed by atoms with E-state index in [2.05, 4.69) is 22.1 Å². The van der Waals surface area contributed by atoms with E-state index >= 15 is 0 Å². The van der Waals surface area contributed by atoms with Gasteiger partial charge in [0.1, 0.15) is 0 Å². The number of carbonyl (C=O) groups is 1. The third-order valence-corrected chi connectivity index (χ3v) is 5.11. The Morgan fingerprint density at radius 3 is 2.56 bits per heavy atom. The van der Waals surface area contributed by atoms with Crippen molar-refractivity contribution in [3.8, 4) is 0 Å². The summed E-state index contributed by atoms with van der Waals surface area (Å²) in [4.78, 5) is 16.7. The Morgan fingerprint density at radius 1 is 1.28 bits per heavy atom. The van der Waals surface area contributed by atoms with Crippen molar-refractivity contribution in [1.29, 1.82) is 0 Å². The molecule has 5 nitrogen and oxygen atoms in total. The van der Waals surface area contributed by atoms with Crippen molar-refractivity contribution < 1.29 is 4.79 Å². The van der Waals surface area contributed by atoms with E-state index in [9.17, 15) is 4.79 Å². The number of hydrogen-bond donors (Lipinski definition) is 0. The van der Waals surface area contributed by atoms with E-state index < -0.39 is 0 Å². The zero-order valence-electron chi connectivity index (χ0n) is 14.9. The van der Waals surface area contributed by atoms with Crippen LogP contribution in [0.2, 0.25) is 5.02 Å². The van der Waals surface area contributed by atoms with E-state index in [1.165, 1.54) is 5.56 Å². The van der Waals surface area contributed by atoms with E-state index in [0.717, 1.165) is 44.0 Å². The van der Waals surface area contributed by atoms with Gasteiger partial charge in [-0.25, -0.2) is 0 Å². The highest BCUT2D eigenvalue weighted by molar-refractivity contribution is 6.30. The van der Waals surface area contributed by atoms with Gasteiger partial charge >= 0.3 is 0 Å². The lowest BCUT2D eigenvalue weighted by Crippen LogP contribution is -2.39. The number of aryl methyl sites for hydroxylation is 1. The highest BCUT2D eigenvalue weighted by Crippen LogP contribution is 2.21. The summed E-state index contributed by atoms with van der Waals surface area (Å²) in [5.74, 6) is 0.615. The highest BCUT2D eigenvalue weighted by Gasteiger charge is 2.23. The lowest BCUT2D eigenvalue weighted by molar-refractivity contribution is 0.0737. The molecule has 2 aromatic rings. The number of aromatic nitrogens is 2. The van der Waals surface area contributed by atoms with Gasteiger partial charge in [-0.05, 0) is 49.5 Å². The fourth-order valence-corrected chi connectivity index (χ4v) is 3.52. The molecule has 1 fully saturated rings. The van der Waals surface area contributed by atoms with Crippen molar-refractivity contribution in [2.75, 3.05) is 26.7 Å². The number of amides is 1. The highest BCUT2D eigenvalue weighted by atomic mass is 35.5. The molecule has 0 unspecified atom stereocenters.